The lowest BCUT2D eigenvalue weighted by Crippen LogP contribution is -2.12. The van der Waals surface area contributed by atoms with E-state index in [-0.39, 0.29) is 17.0 Å². The van der Waals surface area contributed by atoms with Gasteiger partial charge >= 0.3 is 5.97 Å². The maximum Gasteiger partial charge on any atom is 0.339 e. The molecule has 1 heterocycles. The van der Waals surface area contributed by atoms with Gasteiger partial charge in [-0.2, -0.15) is 5.26 Å². The lowest BCUT2D eigenvalue weighted by molar-refractivity contribution is -0.115. The molecule has 7 heteroatoms. The summed E-state index contributed by atoms with van der Waals surface area (Å²) in [5.74, 6) is -1.04. The summed E-state index contributed by atoms with van der Waals surface area (Å²) in [6.07, 6.45) is 1.30. The number of carbonyl (C=O) groups is 2. The first-order valence-corrected chi connectivity index (χ1v) is 7.80. The largest absolute Gasteiger partial charge is 0.490 e. The Morgan fingerprint density at radius 2 is 2.08 bits per heavy atom. The molecule has 0 saturated carbocycles. The van der Waals surface area contributed by atoms with Gasteiger partial charge in [0.2, 0.25) is 5.91 Å². The average molecular weight is 342 g/mol. The van der Waals surface area contributed by atoms with Crippen LogP contribution in [0.2, 0.25) is 0 Å². The summed E-state index contributed by atoms with van der Waals surface area (Å²) in [7, 11) is 0. The van der Waals surface area contributed by atoms with Gasteiger partial charge in [-0.15, -0.1) is 11.3 Å². The van der Waals surface area contributed by atoms with E-state index in [4.69, 9.17) is 10.00 Å². The van der Waals surface area contributed by atoms with Crippen LogP contribution in [-0.2, 0) is 4.79 Å². The van der Waals surface area contributed by atoms with Crippen molar-refractivity contribution in [2.75, 3.05) is 11.9 Å². The molecule has 0 aliphatic heterocycles. The minimum absolute atomic E-state index is 0.00560. The van der Waals surface area contributed by atoms with Gasteiger partial charge in [-0.3, -0.25) is 4.79 Å². The molecule has 1 aromatic carbocycles. The molecule has 0 aliphatic carbocycles. The second kappa shape index (κ2) is 7.94. The summed E-state index contributed by atoms with van der Waals surface area (Å²) in [5.41, 5.74) is 1.19. The number of thiophene rings is 1. The van der Waals surface area contributed by atoms with Crippen LogP contribution < -0.4 is 10.1 Å². The molecule has 24 heavy (non-hydrogen) atoms. The Kier molecular flexibility index (Phi) is 5.71. The monoisotopic (exact) mass is 342 g/mol. The summed E-state index contributed by atoms with van der Waals surface area (Å²) in [5, 5.41) is 22.3. The average Bonchev–Trinajstić information content (AvgIpc) is 2.97. The summed E-state index contributed by atoms with van der Waals surface area (Å²) in [6.45, 7) is 3.95. The minimum Gasteiger partial charge on any atom is -0.490 e. The number of amides is 1. The van der Waals surface area contributed by atoms with E-state index >= 15 is 0 Å². The van der Waals surface area contributed by atoms with Crippen molar-refractivity contribution in [3.05, 3.63) is 47.9 Å². The highest BCUT2D eigenvalue weighted by atomic mass is 32.1. The van der Waals surface area contributed by atoms with E-state index in [1.165, 1.54) is 0 Å². The van der Waals surface area contributed by atoms with Crippen LogP contribution in [0.3, 0.4) is 0 Å². The number of nitriles is 1. The number of rotatable bonds is 7. The van der Waals surface area contributed by atoms with Gasteiger partial charge in [0.05, 0.1) is 6.07 Å². The number of anilines is 1. The lowest BCUT2D eigenvalue weighted by Gasteiger charge is -2.06. The van der Waals surface area contributed by atoms with Crippen molar-refractivity contribution in [2.24, 2.45) is 0 Å². The molecule has 0 fully saturated rings. The molecule has 1 amide bonds. The number of ether oxygens (including phenoxy) is 1. The molecule has 122 valence electrons. The van der Waals surface area contributed by atoms with Crippen LogP contribution >= 0.6 is 11.3 Å². The Morgan fingerprint density at radius 1 is 1.38 bits per heavy atom. The quantitative estimate of drug-likeness (QED) is 0.750. The summed E-state index contributed by atoms with van der Waals surface area (Å²) in [4.78, 5) is 23.1. The van der Waals surface area contributed by atoms with Crippen LogP contribution in [0.1, 0.15) is 16.8 Å². The van der Waals surface area contributed by atoms with Gasteiger partial charge in [0.1, 0.15) is 29.3 Å². The minimum atomic E-state index is -1.15. The fourth-order valence-electron chi connectivity index (χ4n) is 2.00. The molecule has 6 nitrogen and oxygen atoms in total. The second-order valence-electron chi connectivity index (χ2n) is 4.67. The van der Waals surface area contributed by atoms with Crippen molar-refractivity contribution in [1.29, 1.82) is 5.26 Å². The van der Waals surface area contributed by atoms with E-state index in [2.05, 4.69) is 11.9 Å². The zero-order valence-electron chi connectivity index (χ0n) is 12.6. The molecule has 0 aliphatic rings. The number of hydrogen-bond donors (Lipinski definition) is 2. The molecule has 0 radical (unpaired) electrons. The van der Waals surface area contributed by atoms with Crippen LogP contribution in [0.25, 0.3) is 11.1 Å². The number of carbonyl (C=O) groups excluding carboxylic acids is 1. The van der Waals surface area contributed by atoms with Crippen molar-refractivity contribution in [3.8, 4) is 22.9 Å². The maximum absolute atomic E-state index is 11.6. The normalized spacial score (nSPS) is 9.79. The lowest BCUT2D eigenvalue weighted by atomic mass is 10.0. The molecule has 0 atom stereocenters. The van der Waals surface area contributed by atoms with Gasteiger partial charge < -0.3 is 15.2 Å². The van der Waals surface area contributed by atoms with E-state index in [0.717, 1.165) is 11.3 Å². The number of nitrogens with zero attached hydrogens (tertiary/aromatic N) is 1. The Bertz CT molecular complexity index is 803. The van der Waals surface area contributed by atoms with E-state index < -0.39 is 11.9 Å². The predicted molar refractivity (Wildman–Crippen MR) is 91.3 cm³/mol. The summed E-state index contributed by atoms with van der Waals surface area (Å²) < 4.78 is 5.39. The SMILES string of the molecule is C=CCOc1ccc(-c2csc(NC(=O)CC#N)c2C(=O)O)cc1. The number of nitrogens with one attached hydrogen (secondary N) is 1. The molecule has 2 rings (SSSR count). The van der Waals surface area contributed by atoms with Crippen LogP contribution in [-0.4, -0.2) is 23.6 Å². The molecule has 0 unspecified atom stereocenters. The first-order valence-electron chi connectivity index (χ1n) is 6.92. The standard InChI is InChI=1S/C17H14N2O4S/c1-2-9-23-12-5-3-11(4-6-12)13-10-24-16(15(13)17(21)22)19-14(20)7-8-18/h2-6,10H,1,7,9H2,(H,19,20)(H,21,22). The van der Waals surface area contributed by atoms with Crippen molar-refractivity contribution < 1.29 is 19.4 Å². The first kappa shape index (κ1) is 17.2. The topological polar surface area (TPSA) is 99.4 Å². The van der Waals surface area contributed by atoms with Gasteiger partial charge in [-0.25, -0.2) is 4.79 Å². The molecule has 0 spiro atoms. The highest BCUT2D eigenvalue weighted by Crippen LogP contribution is 2.36. The van der Waals surface area contributed by atoms with Gasteiger partial charge in [-0.05, 0) is 17.7 Å². The van der Waals surface area contributed by atoms with E-state index in [1.807, 2.05) is 0 Å². The molecular formula is C17H14N2O4S. The number of hydrogen-bond acceptors (Lipinski definition) is 5. The van der Waals surface area contributed by atoms with Crippen molar-refractivity contribution >= 4 is 28.2 Å². The van der Waals surface area contributed by atoms with E-state index in [9.17, 15) is 14.7 Å². The van der Waals surface area contributed by atoms with E-state index in [1.54, 1.807) is 41.8 Å². The smallest absolute Gasteiger partial charge is 0.339 e. The predicted octanol–water partition coefficient (Wildman–Crippen LogP) is 3.53. The van der Waals surface area contributed by atoms with Crippen LogP contribution in [0.4, 0.5) is 5.00 Å². The highest BCUT2D eigenvalue weighted by Gasteiger charge is 2.21. The highest BCUT2D eigenvalue weighted by molar-refractivity contribution is 7.15. The summed E-state index contributed by atoms with van der Waals surface area (Å²) in [6, 6.07) is 8.67. The van der Waals surface area contributed by atoms with Crippen LogP contribution in [0.15, 0.2) is 42.3 Å². The number of carboxylic acid groups (broad SMARTS) is 1. The molecule has 2 N–H and O–H groups in total. The third-order valence-electron chi connectivity index (χ3n) is 3.03. The zero-order chi connectivity index (χ0) is 17.5. The fourth-order valence-corrected chi connectivity index (χ4v) is 2.98. The third kappa shape index (κ3) is 4.00. The molecule has 1 aromatic heterocycles. The number of aromatic carboxylic acids is 1. The maximum atomic E-state index is 11.6. The summed E-state index contributed by atoms with van der Waals surface area (Å²) >= 11 is 1.10. The Morgan fingerprint density at radius 3 is 2.67 bits per heavy atom. The zero-order valence-corrected chi connectivity index (χ0v) is 13.4. The first-order chi connectivity index (χ1) is 11.6. The fraction of sp³-hybridized carbons (Fsp3) is 0.118. The Hall–Kier alpha value is -3.11. The van der Waals surface area contributed by atoms with Crippen LogP contribution in [0.5, 0.6) is 5.75 Å². The molecule has 0 bridgehead atoms. The van der Waals surface area contributed by atoms with Crippen molar-refractivity contribution in [1.82, 2.24) is 0 Å². The Balaban J connectivity index is 2.31. The van der Waals surface area contributed by atoms with Crippen molar-refractivity contribution in [3.63, 3.8) is 0 Å². The molecule has 0 saturated heterocycles. The second-order valence-corrected chi connectivity index (χ2v) is 5.55. The molecular weight excluding hydrogens is 328 g/mol. The van der Waals surface area contributed by atoms with Gasteiger partial charge in [0.15, 0.2) is 0 Å². The molecule has 2 aromatic rings. The third-order valence-corrected chi connectivity index (χ3v) is 3.93. The number of benzene rings is 1. The van der Waals surface area contributed by atoms with Gasteiger partial charge in [-0.1, -0.05) is 24.8 Å². The Labute approximate surface area is 142 Å². The van der Waals surface area contributed by atoms with Crippen LogP contribution in [0, 0.1) is 11.3 Å². The number of carboxylic acids is 1. The van der Waals surface area contributed by atoms with E-state index in [0.29, 0.717) is 23.5 Å². The van der Waals surface area contributed by atoms with Gasteiger partial charge in [0.25, 0.3) is 0 Å². The van der Waals surface area contributed by atoms with Crippen molar-refractivity contribution in [2.45, 2.75) is 6.42 Å². The van der Waals surface area contributed by atoms with Gasteiger partial charge in [0, 0.05) is 10.9 Å².